The van der Waals surface area contributed by atoms with Gasteiger partial charge in [0.25, 0.3) is 5.56 Å². The molecule has 0 amide bonds. The first kappa shape index (κ1) is 23.4. The molecule has 1 aliphatic heterocycles. The Balaban J connectivity index is 1.76. The summed E-state index contributed by atoms with van der Waals surface area (Å²) in [5.41, 5.74) is 3.76. The number of anilines is 1. The second-order valence-electron chi connectivity index (χ2n) is 9.34. The average Bonchev–Trinajstić information content (AvgIpc) is 2.85. The fraction of sp³-hybridized carbons (Fsp3) is 0.286. The summed E-state index contributed by atoms with van der Waals surface area (Å²) in [5, 5.41) is 1.06. The van der Waals surface area contributed by atoms with Crippen LogP contribution in [0.3, 0.4) is 0 Å². The van der Waals surface area contributed by atoms with Gasteiger partial charge in [-0.2, -0.15) is 0 Å². The van der Waals surface area contributed by atoms with Crippen LogP contribution in [0.5, 0.6) is 0 Å². The van der Waals surface area contributed by atoms with E-state index >= 15 is 0 Å². The van der Waals surface area contributed by atoms with Gasteiger partial charge in [-0.05, 0) is 37.2 Å². The molecule has 0 saturated carbocycles. The van der Waals surface area contributed by atoms with Crippen LogP contribution >= 0.6 is 11.6 Å². The Labute approximate surface area is 209 Å². The molecule has 0 unspecified atom stereocenters. The van der Waals surface area contributed by atoms with Crippen molar-refractivity contribution in [2.24, 2.45) is 0 Å². The van der Waals surface area contributed by atoms with Crippen molar-refractivity contribution in [2.75, 3.05) is 38.1 Å². The van der Waals surface area contributed by atoms with Gasteiger partial charge in [-0.3, -0.25) is 13.9 Å². The van der Waals surface area contributed by atoms with Gasteiger partial charge in [-0.25, -0.2) is 4.79 Å². The maximum absolute atomic E-state index is 14.0. The van der Waals surface area contributed by atoms with E-state index in [-0.39, 0.29) is 17.8 Å². The lowest BCUT2D eigenvalue weighted by atomic mass is 10.1. The smallest absolute Gasteiger partial charge is 0.332 e. The van der Waals surface area contributed by atoms with Crippen molar-refractivity contribution >= 4 is 28.2 Å². The van der Waals surface area contributed by atoms with E-state index in [1.807, 2.05) is 67.6 Å². The summed E-state index contributed by atoms with van der Waals surface area (Å²) in [6.07, 6.45) is 0. The van der Waals surface area contributed by atoms with Crippen molar-refractivity contribution in [3.05, 3.63) is 109 Å². The molecule has 3 aromatic carbocycles. The van der Waals surface area contributed by atoms with Crippen LogP contribution in [0.4, 0.5) is 5.69 Å². The molecule has 1 fully saturated rings. The van der Waals surface area contributed by atoms with E-state index in [2.05, 4.69) is 16.8 Å². The van der Waals surface area contributed by atoms with Gasteiger partial charge in [-0.1, -0.05) is 71.8 Å². The molecule has 0 radical (unpaired) electrons. The second-order valence-corrected chi connectivity index (χ2v) is 9.78. The number of fused-ring (bicyclic) bond motifs is 1. The van der Waals surface area contributed by atoms with E-state index in [1.54, 1.807) is 10.6 Å². The summed E-state index contributed by atoms with van der Waals surface area (Å²) in [4.78, 5) is 32.2. The number of rotatable bonds is 5. The van der Waals surface area contributed by atoms with Gasteiger partial charge >= 0.3 is 5.69 Å². The topological polar surface area (TPSA) is 50.5 Å². The Morgan fingerprint density at radius 3 is 2.20 bits per heavy atom. The molecule has 5 rings (SSSR count). The van der Waals surface area contributed by atoms with Crippen LogP contribution in [-0.2, 0) is 13.1 Å². The average molecular weight is 489 g/mol. The van der Waals surface area contributed by atoms with Gasteiger partial charge in [0, 0.05) is 31.2 Å². The Morgan fingerprint density at radius 2 is 1.49 bits per heavy atom. The maximum atomic E-state index is 14.0. The Hall–Kier alpha value is -3.35. The van der Waals surface area contributed by atoms with E-state index in [9.17, 15) is 9.59 Å². The van der Waals surface area contributed by atoms with Crippen LogP contribution in [0, 0.1) is 6.92 Å². The number of hydrogen-bond acceptors (Lipinski definition) is 4. The maximum Gasteiger partial charge on any atom is 0.332 e. The highest BCUT2D eigenvalue weighted by atomic mass is 35.5. The van der Waals surface area contributed by atoms with Gasteiger partial charge < -0.3 is 9.80 Å². The van der Waals surface area contributed by atoms with Crippen LogP contribution < -0.4 is 16.1 Å². The fourth-order valence-electron chi connectivity index (χ4n) is 4.83. The van der Waals surface area contributed by atoms with Crippen molar-refractivity contribution in [1.82, 2.24) is 14.0 Å². The summed E-state index contributed by atoms with van der Waals surface area (Å²) in [5.74, 6) is 0. The molecular formula is C28H29ClN4O2. The van der Waals surface area contributed by atoms with Crippen LogP contribution in [0.1, 0.15) is 16.7 Å². The number of aryl methyl sites for hydroxylation is 1. The highest BCUT2D eigenvalue weighted by molar-refractivity contribution is 6.31. The highest BCUT2D eigenvalue weighted by Crippen LogP contribution is 2.29. The third kappa shape index (κ3) is 4.77. The second kappa shape index (κ2) is 9.72. The standard InChI is InChI=1S/C28H29ClN4O2/c1-20-7-6-10-22(15-20)19-33-27(34)26-24(31-13-11-30(2)12-14-31)16-23(29)17-25(26)32(28(33)35)18-21-8-4-3-5-9-21/h3-10,15-17H,11-14,18-19H2,1-2H3. The summed E-state index contributed by atoms with van der Waals surface area (Å²) >= 11 is 6.58. The summed E-state index contributed by atoms with van der Waals surface area (Å²) < 4.78 is 3.06. The minimum Gasteiger partial charge on any atom is -0.368 e. The van der Waals surface area contributed by atoms with Gasteiger partial charge in [-0.15, -0.1) is 0 Å². The fourth-order valence-corrected chi connectivity index (χ4v) is 5.04. The van der Waals surface area contributed by atoms with Gasteiger partial charge in [0.15, 0.2) is 0 Å². The van der Waals surface area contributed by atoms with Crippen molar-refractivity contribution in [3.63, 3.8) is 0 Å². The monoisotopic (exact) mass is 488 g/mol. The molecule has 1 aliphatic rings. The first-order valence-corrected chi connectivity index (χ1v) is 12.3. The van der Waals surface area contributed by atoms with E-state index in [0.29, 0.717) is 22.5 Å². The zero-order chi connectivity index (χ0) is 24.5. The zero-order valence-electron chi connectivity index (χ0n) is 20.1. The Kier molecular flexibility index (Phi) is 6.50. The van der Waals surface area contributed by atoms with E-state index < -0.39 is 0 Å². The quantitative estimate of drug-likeness (QED) is 0.426. The van der Waals surface area contributed by atoms with Gasteiger partial charge in [0.1, 0.15) is 0 Å². The number of likely N-dealkylation sites (N-methyl/N-ethyl adjacent to an activating group) is 1. The molecule has 0 bridgehead atoms. The van der Waals surface area contributed by atoms with Gasteiger partial charge in [0.2, 0.25) is 0 Å². The van der Waals surface area contributed by atoms with Crippen molar-refractivity contribution < 1.29 is 0 Å². The number of hydrogen-bond donors (Lipinski definition) is 0. The van der Waals surface area contributed by atoms with Crippen LogP contribution in [-0.4, -0.2) is 47.3 Å². The molecule has 6 nitrogen and oxygen atoms in total. The minimum absolute atomic E-state index is 0.217. The van der Waals surface area contributed by atoms with E-state index in [4.69, 9.17) is 11.6 Å². The summed E-state index contributed by atoms with van der Waals surface area (Å²) in [7, 11) is 2.10. The Morgan fingerprint density at radius 1 is 0.800 bits per heavy atom. The van der Waals surface area contributed by atoms with E-state index in [0.717, 1.165) is 48.6 Å². The van der Waals surface area contributed by atoms with Gasteiger partial charge in [0.05, 0.1) is 29.7 Å². The third-order valence-electron chi connectivity index (χ3n) is 6.72. The van der Waals surface area contributed by atoms with Crippen molar-refractivity contribution in [2.45, 2.75) is 20.0 Å². The lowest BCUT2D eigenvalue weighted by molar-refractivity contribution is 0.313. The molecule has 35 heavy (non-hydrogen) atoms. The molecule has 0 N–H and O–H groups in total. The number of aromatic nitrogens is 2. The van der Waals surface area contributed by atoms with E-state index in [1.165, 1.54) is 4.57 Å². The lowest BCUT2D eigenvalue weighted by Gasteiger charge is -2.34. The molecule has 0 atom stereocenters. The first-order valence-electron chi connectivity index (χ1n) is 11.9. The predicted octanol–water partition coefficient (Wildman–Crippen LogP) is 3.97. The molecule has 1 aromatic heterocycles. The highest BCUT2D eigenvalue weighted by Gasteiger charge is 2.23. The van der Waals surface area contributed by atoms with Crippen LogP contribution in [0.2, 0.25) is 5.02 Å². The molecule has 0 spiro atoms. The van der Waals surface area contributed by atoms with Crippen LogP contribution in [0.25, 0.3) is 10.9 Å². The van der Waals surface area contributed by atoms with Crippen molar-refractivity contribution in [3.8, 4) is 0 Å². The largest absolute Gasteiger partial charge is 0.368 e. The predicted molar refractivity (Wildman–Crippen MR) is 143 cm³/mol. The molecule has 7 heteroatoms. The van der Waals surface area contributed by atoms with Crippen LogP contribution in [0.15, 0.2) is 76.3 Å². The number of halogens is 1. The lowest BCUT2D eigenvalue weighted by Crippen LogP contribution is -2.46. The molecule has 1 saturated heterocycles. The normalized spacial score (nSPS) is 14.5. The SMILES string of the molecule is Cc1cccc(Cn2c(=O)c3c(N4CCN(C)CC4)cc(Cl)cc3n(Cc3ccccc3)c2=O)c1. The minimum atomic E-state index is -0.334. The third-order valence-corrected chi connectivity index (χ3v) is 6.94. The zero-order valence-corrected chi connectivity index (χ0v) is 20.8. The van der Waals surface area contributed by atoms with Crippen molar-refractivity contribution in [1.29, 1.82) is 0 Å². The number of benzene rings is 3. The first-order chi connectivity index (χ1) is 16.9. The molecule has 0 aliphatic carbocycles. The summed E-state index contributed by atoms with van der Waals surface area (Å²) in [6.45, 7) is 5.96. The molecule has 2 heterocycles. The molecule has 180 valence electrons. The molecule has 4 aromatic rings. The summed E-state index contributed by atoms with van der Waals surface area (Å²) in [6, 6.07) is 21.4. The Bertz CT molecular complexity index is 1490. The molecular weight excluding hydrogens is 460 g/mol. The number of piperazine rings is 1. The number of nitrogens with zero attached hydrogens (tertiary/aromatic N) is 4.